The Bertz CT molecular complexity index is 756. The van der Waals surface area contributed by atoms with Crippen LogP contribution in [0.5, 0.6) is 0 Å². The Morgan fingerprint density at radius 1 is 1.12 bits per heavy atom. The average molecular weight is 357 g/mol. The predicted molar refractivity (Wildman–Crippen MR) is 99.6 cm³/mol. The highest BCUT2D eigenvalue weighted by molar-refractivity contribution is 6.30. The van der Waals surface area contributed by atoms with Gasteiger partial charge in [-0.05, 0) is 48.2 Å². The minimum atomic E-state index is -0.613. The molecule has 2 amide bonds. The van der Waals surface area contributed by atoms with Gasteiger partial charge < -0.3 is 10.2 Å². The molecule has 1 aliphatic heterocycles. The van der Waals surface area contributed by atoms with E-state index in [1.54, 1.807) is 17.0 Å². The molecule has 130 valence electrons. The molecule has 25 heavy (non-hydrogen) atoms. The molecule has 3 rings (SSSR count). The van der Waals surface area contributed by atoms with E-state index < -0.39 is 5.92 Å². The lowest BCUT2D eigenvalue weighted by Crippen LogP contribution is -2.36. The van der Waals surface area contributed by atoms with Gasteiger partial charge in [-0.25, -0.2) is 0 Å². The molecule has 2 aromatic carbocycles. The molecule has 1 heterocycles. The van der Waals surface area contributed by atoms with Gasteiger partial charge in [0, 0.05) is 23.8 Å². The second kappa shape index (κ2) is 7.70. The van der Waals surface area contributed by atoms with E-state index in [1.165, 1.54) is 5.56 Å². The van der Waals surface area contributed by atoms with Crippen LogP contribution in [0.15, 0.2) is 48.5 Å². The first-order chi connectivity index (χ1) is 12.1. The molecule has 0 unspecified atom stereocenters. The summed E-state index contributed by atoms with van der Waals surface area (Å²) in [6.45, 7) is 3.06. The molecule has 2 aromatic rings. The van der Waals surface area contributed by atoms with Crippen molar-refractivity contribution in [2.45, 2.75) is 26.3 Å². The quantitative estimate of drug-likeness (QED) is 0.832. The number of amides is 2. The highest BCUT2D eigenvalue weighted by Gasteiger charge is 2.37. The second-order valence-electron chi connectivity index (χ2n) is 6.20. The van der Waals surface area contributed by atoms with E-state index in [0.29, 0.717) is 24.5 Å². The van der Waals surface area contributed by atoms with Crippen LogP contribution in [0.1, 0.15) is 24.5 Å². The number of carbonyl (C=O) groups is 2. The molecule has 0 saturated carbocycles. The van der Waals surface area contributed by atoms with Crippen molar-refractivity contribution in [3.8, 4) is 0 Å². The van der Waals surface area contributed by atoms with E-state index in [-0.39, 0.29) is 11.8 Å². The van der Waals surface area contributed by atoms with Crippen LogP contribution in [-0.4, -0.2) is 18.4 Å². The van der Waals surface area contributed by atoms with Crippen LogP contribution < -0.4 is 10.2 Å². The maximum absolute atomic E-state index is 12.6. The molecule has 0 radical (unpaired) electrons. The zero-order chi connectivity index (χ0) is 17.8. The third kappa shape index (κ3) is 4.02. The van der Waals surface area contributed by atoms with E-state index in [0.717, 1.165) is 17.7 Å². The molecule has 5 heteroatoms. The van der Waals surface area contributed by atoms with E-state index in [2.05, 4.69) is 12.2 Å². The molecule has 1 aliphatic rings. The molecule has 0 aliphatic carbocycles. The lowest BCUT2D eigenvalue weighted by molar-refractivity contribution is -0.132. The first-order valence-electron chi connectivity index (χ1n) is 8.51. The Balaban J connectivity index is 1.60. The third-order valence-corrected chi connectivity index (χ3v) is 4.81. The number of hydrogen-bond donors (Lipinski definition) is 1. The van der Waals surface area contributed by atoms with Gasteiger partial charge in [-0.1, -0.05) is 42.8 Å². The van der Waals surface area contributed by atoms with Gasteiger partial charge in [0.25, 0.3) is 0 Å². The molecular weight excluding hydrogens is 336 g/mol. The fourth-order valence-electron chi connectivity index (χ4n) is 3.01. The summed E-state index contributed by atoms with van der Waals surface area (Å²) in [4.78, 5) is 26.7. The Hall–Kier alpha value is -2.33. The summed E-state index contributed by atoms with van der Waals surface area (Å²) in [6, 6.07) is 15.2. The maximum Gasteiger partial charge on any atom is 0.239 e. The second-order valence-corrected chi connectivity index (χ2v) is 6.63. The fraction of sp³-hybridized carbons (Fsp3) is 0.300. The van der Waals surface area contributed by atoms with Crippen molar-refractivity contribution in [2.24, 2.45) is 5.92 Å². The van der Waals surface area contributed by atoms with Gasteiger partial charge in [0.1, 0.15) is 5.92 Å². The third-order valence-electron chi connectivity index (χ3n) is 4.56. The van der Waals surface area contributed by atoms with Crippen LogP contribution in [0.4, 0.5) is 5.69 Å². The maximum atomic E-state index is 12.6. The minimum Gasteiger partial charge on any atom is -0.351 e. The molecule has 0 spiro atoms. The lowest BCUT2D eigenvalue weighted by atomic mass is 10.1. The zero-order valence-corrected chi connectivity index (χ0v) is 14.9. The van der Waals surface area contributed by atoms with Gasteiger partial charge in [0.2, 0.25) is 11.8 Å². The van der Waals surface area contributed by atoms with Gasteiger partial charge in [0.15, 0.2) is 0 Å². The van der Waals surface area contributed by atoms with E-state index in [9.17, 15) is 9.59 Å². The van der Waals surface area contributed by atoms with Crippen molar-refractivity contribution in [2.75, 3.05) is 11.4 Å². The lowest BCUT2D eigenvalue weighted by Gasteiger charge is -2.17. The van der Waals surface area contributed by atoms with Crippen molar-refractivity contribution < 1.29 is 9.59 Å². The van der Waals surface area contributed by atoms with Crippen LogP contribution in [0.3, 0.4) is 0 Å². The van der Waals surface area contributed by atoms with Gasteiger partial charge >= 0.3 is 0 Å². The van der Waals surface area contributed by atoms with Crippen LogP contribution in [0.2, 0.25) is 5.02 Å². The molecule has 1 N–H and O–H groups in total. The molecular formula is C20H21ClN2O2. The van der Waals surface area contributed by atoms with Crippen LogP contribution in [0.25, 0.3) is 0 Å². The molecule has 0 bridgehead atoms. The van der Waals surface area contributed by atoms with E-state index >= 15 is 0 Å². The van der Waals surface area contributed by atoms with Crippen molar-refractivity contribution in [3.63, 3.8) is 0 Å². The zero-order valence-electron chi connectivity index (χ0n) is 14.2. The van der Waals surface area contributed by atoms with Crippen LogP contribution in [0, 0.1) is 5.92 Å². The smallest absolute Gasteiger partial charge is 0.239 e. The Kier molecular flexibility index (Phi) is 5.39. The number of carbonyl (C=O) groups excluding carboxylic acids is 2. The summed E-state index contributed by atoms with van der Waals surface area (Å²) in [7, 11) is 0. The molecule has 1 atom stereocenters. The molecule has 0 aromatic heterocycles. The number of aryl methyl sites for hydroxylation is 1. The topological polar surface area (TPSA) is 49.4 Å². The Morgan fingerprint density at radius 2 is 1.76 bits per heavy atom. The van der Waals surface area contributed by atoms with Gasteiger partial charge in [-0.15, -0.1) is 0 Å². The molecule has 4 nitrogen and oxygen atoms in total. The normalized spacial score (nSPS) is 17.0. The summed E-state index contributed by atoms with van der Waals surface area (Å²) in [5, 5.41) is 3.51. The summed E-state index contributed by atoms with van der Waals surface area (Å²) in [5.41, 5.74) is 3.04. The summed E-state index contributed by atoms with van der Waals surface area (Å²) < 4.78 is 0. The minimum absolute atomic E-state index is 0.127. The highest BCUT2D eigenvalue weighted by Crippen LogP contribution is 2.26. The monoisotopic (exact) mass is 356 g/mol. The Morgan fingerprint density at radius 3 is 2.40 bits per heavy atom. The number of hydrogen-bond acceptors (Lipinski definition) is 2. The summed E-state index contributed by atoms with van der Waals surface area (Å²) in [5.74, 6) is -0.955. The number of benzene rings is 2. The number of nitrogens with zero attached hydrogens (tertiary/aromatic N) is 1. The van der Waals surface area contributed by atoms with Crippen LogP contribution >= 0.6 is 11.6 Å². The number of halogens is 1. The average Bonchev–Trinajstić information content (AvgIpc) is 3.02. The largest absolute Gasteiger partial charge is 0.351 e. The standard InChI is InChI=1S/C20H21ClN2O2/c1-2-14-5-9-17(10-6-14)23-12-11-18(20(23)25)19(24)22-13-15-3-7-16(21)8-4-15/h3-10,18H,2,11-13H2,1H3,(H,22,24)/t18-/m0/s1. The van der Waals surface area contributed by atoms with Crippen molar-refractivity contribution in [3.05, 3.63) is 64.7 Å². The van der Waals surface area contributed by atoms with Gasteiger partial charge in [-0.3, -0.25) is 9.59 Å². The van der Waals surface area contributed by atoms with E-state index in [1.807, 2.05) is 36.4 Å². The highest BCUT2D eigenvalue weighted by atomic mass is 35.5. The molecule has 1 fully saturated rings. The fourth-order valence-corrected chi connectivity index (χ4v) is 3.13. The number of nitrogens with one attached hydrogen (secondary N) is 1. The Labute approximate surface area is 152 Å². The van der Waals surface area contributed by atoms with Crippen molar-refractivity contribution in [1.29, 1.82) is 0 Å². The predicted octanol–water partition coefficient (Wildman–Crippen LogP) is 3.57. The summed E-state index contributed by atoms with van der Waals surface area (Å²) >= 11 is 5.85. The van der Waals surface area contributed by atoms with Gasteiger partial charge in [0.05, 0.1) is 0 Å². The number of rotatable bonds is 5. The summed E-state index contributed by atoms with van der Waals surface area (Å²) in [6.07, 6.45) is 1.50. The first kappa shape index (κ1) is 17.5. The SMILES string of the molecule is CCc1ccc(N2CC[C@@H](C(=O)NCc3ccc(Cl)cc3)C2=O)cc1. The van der Waals surface area contributed by atoms with Crippen molar-refractivity contribution in [1.82, 2.24) is 5.32 Å². The van der Waals surface area contributed by atoms with Crippen LogP contribution in [-0.2, 0) is 22.6 Å². The van der Waals surface area contributed by atoms with Gasteiger partial charge in [-0.2, -0.15) is 0 Å². The molecule has 1 saturated heterocycles. The van der Waals surface area contributed by atoms with E-state index in [4.69, 9.17) is 11.6 Å². The van der Waals surface area contributed by atoms with Crippen molar-refractivity contribution >= 4 is 29.1 Å². The first-order valence-corrected chi connectivity index (χ1v) is 8.88. The number of anilines is 1.